The molecule has 0 spiro atoms. The first kappa shape index (κ1) is 10.3. The molecule has 1 rings (SSSR count). The molecule has 0 heterocycles. The molecule has 0 bridgehead atoms. The molecule has 2 atom stereocenters. The molecule has 0 N–H and O–H groups in total. The first-order chi connectivity index (χ1) is 6.08. The Morgan fingerprint density at radius 2 is 2.38 bits per heavy atom. The molecule has 0 saturated heterocycles. The van der Waals surface area contributed by atoms with E-state index in [0.29, 0.717) is 5.92 Å². The van der Waals surface area contributed by atoms with Crippen LogP contribution in [-0.2, 0) is 0 Å². The van der Waals surface area contributed by atoms with E-state index in [-0.39, 0.29) is 5.41 Å². The van der Waals surface area contributed by atoms with Gasteiger partial charge in [0.25, 0.3) is 0 Å². The van der Waals surface area contributed by atoms with Crippen LogP contribution in [0.4, 0.5) is 0 Å². The third-order valence-electron chi connectivity index (χ3n) is 2.97. The molecule has 1 nitrogen and oxygen atoms in total. The zero-order valence-corrected chi connectivity index (χ0v) is 8.77. The number of nitriles is 1. The van der Waals surface area contributed by atoms with Gasteiger partial charge in [-0.2, -0.15) is 5.26 Å². The number of hydrogen-bond acceptors (Lipinski definition) is 1. The molecule has 1 aliphatic rings. The molecule has 0 aliphatic heterocycles. The first-order valence-electron chi connectivity index (χ1n) is 5.14. The first-order valence-corrected chi connectivity index (χ1v) is 5.14. The van der Waals surface area contributed by atoms with Gasteiger partial charge in [-0.25, -0.2) is 0 Å². The van der Waals surface area contributed by atoms with E-state index >= 15 is 0 Å². The van der Waals surface area contributed by atoms with E-state index in [1.807, 2.05) is 6.92 Å². The maximum Gasteiger partial charge on any atom is 0.0693 e. The van der Waals surface area contributed by atoms with Gasteiger partial charge in [0.2, 0.25) is 0 Å². The van der Waals surface area contributed by atoms with E-state index in [0.717, 1.165) is 24.8 Å². The van der Waals surface area contributed by atoms with E-state index in [2.05, 4.69) is 19.6 Å². The van der Waals surface area contributed by atoms with Crippen molar-refractivity contribution in [2.45, 2.75) is 46.0 Å². The van der Waals surface area contributed by atoms with E-state index in [1.165, 1.54) is 12.8 Å². The molecular formula is C12H19N. The van der Waals surface area contributed by atoms with Crippen LogP contribution in [0.25, 0.3) is 0 Å². The van der Waals surface area contributed by atoms with Crippen LogP contribution < -0.4 is 0 Å². The van der Waals surface area contributed by atoms with Crippen LogP contribution in [0.5, 0.6) is 0 Å². The summed E-state index contributed by atoms with van der Waals surface area (Å²) in [4.78, 5) is 0. The Labute approximate surface area is 81.5 Å². The van der Waals surface area contributed by atoms with Crippen LogP contribution in [0, 0.1) is 22.7 Å². The van der Waals surface area contributed by atoms with Crippen molar-refractivity contribution in [1.29, 1.82) is 5.26 Å². The third kappa shape index (κ3) is 2.59. The topological polar surface area (TPSA) is 23.8 Å². The van der Waals surface area contributed by atoms with Gasteiger partial charge >= 0.3 is 0 Å². The second-order valence-electron chi connectivity index (χ2n) is 4.73. The summed E-state index contributed by atoms with van der Waals surface area (Å²) >= 11 is 0. The molecule has 0 radical (unpaired) electrons. The fourth-order valence-corrected chi connectivity index (χ4v) is 2.54. The lowest BCUT2D eigenvalue weighted by atomic mass is 9.68. The Bertz CT molecular complexity index is 236. The van der Waals surface area contributed by atoms with E-state index in [9.17, 15) is 5.26 Å². The second kappa shape index (κ2) is 3.96. The molecule has 1 saturated carbocycles. The smallest absolute Gasteiger partial charge is 0.0693 e. The van der Waals surface area contributed by atoms with Crippen molar-refractivity contribution in [3.63, 3.8) is 0 Å². The summed E-state index contributed by atoms with van der Waals surface area (Å²) in [5.41, 5.74) is 1.07. The Kier molecular flexibility index (Phi) is 3.14. The molecule has 2 unspecified atom stereocenters. The van der Waals surface area contributed by atoms with Crippen molar-refractivity contribution < 1.29 is 0 Å². The number of rotatable bonds is 2. The van der Waals surface area contributed by atoms with Crippen molar-refractivity contribution in [2.75, 3.05) is 0 Å². The van der Waals surface area contributed by atoms with E-state index in [1.54, 1.807) is 0 Å². The predicted octanol–water partition coefficient (Wildman–Crippen LogP) is 3.67. The summed E-state index contributed by atoms with van der Waals surface area (Å²) < 4.78 is 0. The van der Waals surface area contributed by atoms with Gasteiger partial charge in [0.15, 0.2) is 0 Å². The van der Waals surface area contributed by atoms with Gasteiger partial charge in [0, 0.05) is 0 Å². The molecule has 1 heteroatoms. The minimum absolute atomic E-state index is 0.0799. The quantitative estimate of drug-likeness (QED) is 0.590. The fraction of sp³-hybridized carbons (Fsp3) is 0.750. The largest absolute Gasteiger partial charge is 0.198 e. The van der Waals surface area contributed by atoms with Gasteiger partial charge < -0.3 is 0 Å². The van der Waals surface area contributed by atoms with E-state index < -0.39 is 0 Å². The maximum atomic E-state index is 9.22. The SMILES string of the molecule is C=C(C)CC1(C#N)CCCC(C)C1. The van der Waals surface area contributed by atoms with Crippen LogP contribution in [-0.4, -0.2) is 0 Å². The maximum absolute atomic E-state index is 9.22. The lowest BCUT2D eigenvalue weighted by Crippen LogP contribution is -2.26. The Balaban J connectivity index is 2.69. The van der Waals surface area contributed by atoms with Crippen molar-refractivity contribution in [2.24, 2.45) is 11.3 Å². The van der Waals surface area contributed by atoms with Gasteiger partial charge in [0.1, 0.15) is 0 Å². The normalized spacial score (nSPS) is 33.8. The van der Waals surface area contributed by atoms with Crippen LogP contribution >= 0.6 is 0 Å². The Morgan fingerprint density at radius 3 is 2.85 bits per heavy atom. The van der Waals surface area contributed by atoms with Gasteiger partial charge in [-0.1, -0.05) is 25.3 Å². The van der Waals surface area contributed by atoms with Gasteiger partial charge in [-0.3, -0.25) is 0 Å². The van der Waals surface area contributed by atoms with Gasteiger partial charge in [-0.15, -0.1) is 6.58 Å². The lowest BCUT2D eigenvalue weighted by Gasteiger charge is -2.34. The average Bonchev–Trinajstić information content (AvgIpc) is 2.03. The Morgan fingerprint density at radius 1 is 1.69 bits per heavy atom. The van der Waals surface area contributed by atoms with Crippen LogP contribution in [0.15, 0.2) is 12.2 Å². The Hall–Kier alpha value is -0.770. The summed E-state index contributed by atoms with van der Waals surface area (Å²) in [5, 5.41) is 9.22. The van der Waals surface area contributed by atoms with Gasteiger partial charge in [-0.05, 0) is 32.1 Å². The molecule has 1 fully saturated rings. The third-order valence-corrected chi connectivity index (χ3v) is 2.97. The van der Waals surface area contributed by atoms with Crippen molar-refractivity contribution in [3.8, 4) is 6.07 Å². The molecule has 1 aliphatic carbocycles. The standard InChI is InChI=1S/C12H19N/c1-10(2)7-12(9-13)6-4-5-11(3)8-12/h11H,1,4-8H2,2-3H3. The number of allylic oxidation sites excluding steroid dienone is 1. The predicted molar refractivity (Wildman–Crippen MR) is 55.1 cm³/mol. The number of hydrogen-bond donors (Lipinski definition) is 0. The molecule has 0 aromatic rings. The molecule has 13 heavy (non-hydrogen) atoms. The fourth-order valence-electron chi connectivity index (χ4n) is 2.54. The second-order valence-corrected chi connectivity index (χ2v) is 4.73. The molecule has 72 valence electrons. The van der Waals surface area contributed by atoms with Crippen LogP contribution in [0.3, 0.4) is 0 Å². The zero-order valence-electron chi connectivity index (χ0n) is 8.77. The van der Waals surface area contributed by atoms with Gasteiger partial charge in [0.05, 0.1) is 11.5 Å². The summed E-state index contributed by atoms with van der Waals surface area (Å²) in [5.74, 6) is 0.716. The zero-order chi connectivity index (χ0) is 9.90. The highest BCUT2D eigenvalue weighted by atomic mass is 14.4. The minimum atomic E-state index is -0.0799. The van der Waals surface area contributed by atoms with E-state index in [4.69, 9.17) is 0 Å². The lowest BCUT2D eigenvalue weighted by molar-refractivity contribution is 0.209. The summed E-state index contributed by atoms with van der Waals surface area (Å²) in [6.45, 7) is 8.20. The summed E-state index contributed by atoms with van der Waals surface area (Å²) in [6, 6.07) is 2.52. The highest BCUT2D eigenvalue weighted by molar-refractivity contribution is 5.09. The van der Waals surface area contributed by atoms with Crippen molar-refractivity contribution in [3.05, 3.63) is 12.2 Å². The summed E-state index contributed by atoms with van der Waals surface area (Å²) in [6.07, 6.45) is 5.53. The average molecular weight is 177 g/mol. The minimum Gasteiger partial charge on any atom is -0.198 e. The van der Waals surface area contributed by atoms with Crippen LogP contribution in [0.1, 0.15) is 46.0 Å². The summed E-state index contributed by atoms with van der Waals surface area (Å²) in [7, 11) is 0. The molecule has 0 aromatic carbocycles. The van der Waals surface area contributed by atoms with Crippen molar-refractivity contribution in [1.82, 2.24) is 0 Å². The highest BCUT2D eigenvalue weighted by Gasteiger charge is 2.34. The molecule has 0 amide bonds. The van der Waals surface area contributed by atoms with Crippen LogP contribution in [0.2, 0.25) is 0 Å². The monoisotopic (exact) mass is 177 g/mol. The van der Waals surface area contributed by atoms with Crippen molar-refractivity contribution >= 4 is 0 Å². The molecular weight excluding hydrogens is 158 g/mol. The highest BCUT2D eigenvalue weighted by Crippen LogP contribution is 2.42. The number of nitrogens with zero attached hydrogens (tertiary/aromatic N) is 1. The molecule has 0 aromatic heterocycles.